The van der Waals surface area contributed by atoms with Crippen LogP contribution in [0.3, 0.4) is 0 Å². The van der Waals surface area contributed by atoms with Crippen LogP contribution in [0, 0.1) is 0 Å². The molecule has 4 nitrogen and oxygen atoms in total. The molecule has 1 aliphatic heterocycles. The summed E-state index contributed by atoms with van der Waals surface area (Å²) >= 11 is 1.47. The zero-order chi connectivity index (χ0) is 8.97. The second-order valence-electron chi connectivity index (χ2n) is 2.34. The molecule has 0 N–H and O–H groups in total. The zero-order valence-electron chi connectivity index (χ0n) is 7.24. The first-order valence-electron chi connectivity index (χ1n) is 3.73. The van der Waals surface area contributed by atoms with Crippen LogP contribution in [0.25, 0.3) is 0 Å². The van der Waals surface area contributed by atoms with Crippen molar-refractivity contribution >= 4 is 23.0 Å². The van der Waals surface area contributed by atoms with Gasteiger partial charge in [-0.25, -0.2) is 4.79 Å². The van der Waals surface area contributed by atoms with Crippen molar-refractivity contribution in [3.63, 3.8) is 0 Å². The summed E-state index contributed by atoms with van der Waals surface area (Å²) in [5, 5.41) is 0.758. The number of carbonyl (C=O) groups is 1. The van der Waals surface area contributed by atoms with Gasteiger partial charge in [0, 0.05) is 13.1 Å². The van der Waals surface area contributed by atoms with Gasteiger partial charge in [-0.3, -0.25) is 9.89 Å². The Kier molecular flexibility index (Phi) is 3.40. The molecule has 0 bridgehead atoms. The maximum atomic E-state index is 11.1. The summed E-state index contributed by atoms with van der Waals surface area (Å²) in [6.07, 6.45) is 2.50. The summed E-state index contributed by atoms with van der Waals surface area (Å²) in [6, 6.07) is 0. The van der Waals surface area contributed by atoms with Gasteiger partial charge in [-0.05, 0) is 12.7 Å². The third-order valence-electron chi connectivity index (χ3n) is 1.60. The lowest BCUT2D eigenvalue weighted by atomic mass is 10.4. The fraction of sp³-hybridized carbons (Fsp3) is 0.714. The Morgan fingerprint density at radius 1 is 1.75 bits per heavy atom. The van der Waals surface area contributed by atoms with Crippen molar-refractivity contribution in [2.45, 2.75) is 6.42 Å². The average Bonchev–Trinajstić information content (AvgIpc) is 2.16. The molecule has 0 unspecified atom stereocenters. The van der Waals surface area contributed by atoms with Gasteiger partial charge in [0.05, 0.1) is 7.11 Å². The lowest BCUT2D eigenvalue weighted by Gasteiger charge is -2.24. The van der Waals surface area contributed by atoms with Crippen LogP contribution in [0.1, 0.15) is 6.42 Å². The molecule has 0 aromatic rings. The van der Waals surface area contributed by atoms with E-state index in [4.69, 9.17) is 0 Å². The predicted octanol–water partition coefficient (Wildman–Crippen LogP) is 1.18. The molecule has 0 saturated heterocycles. The van der Waals surface area contributed by atoms with E-state index in [1.54, 1.807) is 4.90 Å². The van der Waals surface area contributed by atoms with Crippen LogP contribution in [0.2, 0.25) is 0 Å². The highest BCUT2D eigenvalue weighted by Crippen LogP contribution is 2.12. The number of hydrogen-bond acceptors (Lipinski definition) is 4. The molecule has 12 heavy (non-hydrogen) atoms. The van der Waals surface area contributed by atoms with Crippen molar-refractivity contribution in [1.82, 2.24) is 4.90 Å². The number of amidine groups is 1. The second-order valence-corrected chi connectivity index (χ2v) is 3.12. The third kappa shape index (κ3) is 1.91. The van der Waals surface area contributed by atoms with Crippen molar-refractivity contribution < 1.29 is 9.53 Å². The Labute approximate surface area is 76.0 Å². The molecule has 0 spiro atoms. The Bertz CT molecular complexity index is 206. The molecule has 5 heteroatoms. The molecule has 1 amide bonds. The number of rotatable bonds is 0. The van der Waals surface area contributed by atoms with Crippen LogP contribution in [0.5, 0.6) is 0 Å². The Morgan fingerprint density at radius 2 is 2.50 bits per heavy atom. The molecule has 1 aliphatic rings. The van der Waals surface area contributed by atoms with Gasteiger partial charge in [-0.1, -0.05) is 11.8 Å². The summed E-state index contributed by atoms with van der Waals surface area (Å²) in [7, 11) is 1.38. The highest BCUT2D eigenvalue weighted by molar-refractivity contribution is 8.13. The maximum absolute atomic E-state index is 11.1. The van der Waals surface area contributed by atoms with Crippen LogP contribution >= 0.6 is 11.8 Å². The number of thioether (sulfide) groups is 1. The van der Waals surface area contributed by atoms with E-state index in [1.807, 2.05) is 6.26 Å². The molecule has 1 heterocycles. The molecule has 1 rings (SSSR count). The average molecular weight is 188 g/mol. The van der Waals surface area contributed by atoms with Crippen molar-refractivity contribution in [1.29, 1.82) is 0 Å². The van der Waals surface area contributed by atoms with Crippen molar-refractivity contribution in [2.24, 2.45) is 4.99 Å². The van der Waals surface area contributed by atoms with Gasteiger partial charge in [-0.15, -0.1) is 0 Å². The molecule has 0 atom stereocenters. The van der Waals surface area contributed by atoms with E-state index in [0.717, 1.165) is 18.1 Å². The molecular formula is C7H12N2O2S. The van der Waals surface area contributed by atoms with Crippen LogP contribution in [0.4, 0.5) is 4.79 Å². The van der Waals surface area contributed by atoms with Gasteiger partial charge in [-0.2, -0.15) is 0 Å². The molecular weight excluding hydrogens is 176 g/mol. The summed E-state index contributed by atoms with van der Waals surface area (Å²) < 4.78 is 4.61. The summed E-state index contributed by atoms with van der Waals surface area (Å²) in [5.74, 6) is 0. The smallest absolute Gasteiger partial charge is 0.415 e. The predicted molar refractivity (Wildman–Crippen MR) is 49.5 cm³/mol. The quantitative estimate of drug-likeness (QED) is 0.573. The summed E-state index contributed by atoms with van der Waals surface area (Å²) in [5.41, 5.74) is 0. The standard InChI is InChI=1S/C7H12N2O2S/c1-11-7(10)9-5-3-4-8-6(9)12-2/h3-5H2,1-2H3. The van der Waals surface area contributed by atoms with Gasteiger partial charge >= 0.3 is 6.09 Å². The number of carbonyl (C=O) groups excluding carboxylic acids is 1. The first kappa shape index (κ1) is 9.38. The SMILES string of the molecule is COC(=O)N1CCCN=C1SC. The molecule has 0 radical (unpaired) electrons. The van der Waals surface area contributed by atoms with Crippen LogP contribution in [-0.2, 0) is 4.74 Å². The summed E-state index contributed by atoms with van der Waals surface area (Å²) in [4.78, 5) is 16.9. The van der Waals surface area contributed by atoms with Gasteiger partial charge in [0.1, 0.15) is 0 Å². The Balaban J connectivity index is 2.67. The van der Waals surface area contributed by atoms with Gasteiger partial charge in [0.15, 0.2) is 5.17 Å². The zero-order valence-corrected chi connectivity index (χ0v) is 8.06. The van der Waals surface area contributed by atoms with E-state index in [0.29, 0.717) is 6.54 Å². The lowest BCUT2D eigenvalue weighted by molar-refractivity contribution is 0.145. The topological polar surface area (TPSA) is 41.9 Å². The number of methoxy groups -OCH3 is 1. The largest absolute Gasteiger partial charge is 0.452 e. The fourth-order valence-corrected chi connectivity index (χ4v) is 1.65. The molecule has 68 valence electrons. The first-order chi connectivity index (χ1) is 5.79. The van der Waals surface area contributed by atoms with Crippen molar-refractivity contribution in [2.75, 3.05) is 26.5 Å². The summed E-state index contributed by atoms with van der Waals surface area (Å²) in [6.45, 7) is 1.52. The molecule has 0 aliphatic carbocycles. The van der Waals surface area contributed by atoms with E-state index in [1.165, 1.54) is 18.9 Å². The maximum Gasteiger partial charge on any atom is 0.415 e. The van der Waals surface area contributed by atoms with E-state index < -0.39 is 0 Å². The Morgan fingerprint density at radius 3 is 3.08 bits per heavy atom. The van der Waals surface area contributed by atoms with E-state index in [9.17, 15) is 4.79 Å². The first-order valence-corrected chi connectivity index (χ1v) is 4.96. The third-order valence-corrected chi connectivity index (χ3v) is 2.31. The van der Waals surface area contributed by atoms with E-state index in [-0.39, 0.29) is 6.09 Å². The molecule has 0 aromatic carbocycles. The van der Waals surface area contributed by atoms with Gasteiger partial charge < -0.3 is 4.74 Å². The lowest BCUT2D eigenvalue weighted by Crippen LogP contribution is -2.38. The normalized spacial score (nSPS) is 17.2. The van der Waals surface area contributed by atoms with Crippen LogP contribution in [0.15, 0.2) is 4.99 Å². The Hall–Kier alpha value is -0.710. The van der Waals surface area contributed by atoms with E-state index in [2.05, 4.69) is 9.73 Å². The monoisotopic (exact) mass is 188 g/mol. The van der Waals surface area contributed by atoms with Gasteiger partial charge in [0.25, 0.3) is 0 Å². The van der Waals surface area contributed by atoms with Crippen molar-refractivity contribution in [3.05, 3.63) is 0 Å². The number of amides is 1. The number of ether oxygens (including phenoxy) is 1. The number of nitrogens with zero attached hydrogens (tertiary/aromatic N) is 2. The van der Waals surface area contributed by atoms with E-state index >= 15 is 0 Å². The fourth-order valence-electron chi connectivity index (χ4n) is 1.04. The minimum absolute atomic E-state index is 0.317. The second kappa shape index (κ2) is 4.35. The van der Waals surface area contributed by atoms with Crippen molar-refractivity contribution in [3.8, 4) is 0 Å². The molecule has 0 fully saturated rings. The molecule has 0 saturated carbocycles. The minimum Gasteiger partial charge on any atom is -0.452 e. The van der Waals surface area contributed by atoms with Gasteiger partial charge in [0.2, 0.25) is 0 Å². The minimum atomic E-state index is -0.317. The number of aliphatic imine (C=N–C) groups is 1. The number of hydrogen-bond donors (Lipinski definition) is 0. The highest BCUT2D eigenvalue weighted by atomic mass is 32.2. The van der Waals surface area contributed by atoms with Crippen LogP contribution in [-0.4, -0.2) is 42.6 Å². The van der Waals surface area contributed by atoms with Crippen LogP contribution < -0.4 is 0 Å². The highest BCUT2D eigenvalue weighted by Gasteiger charge is 2.21. The molecule has 0 aromatic heterocycles.